The van der Waals surface area contributed by atoms with Crippen LogP contribution in [0.5, 0.6) is 0 Å². The summed E-state index contributed by atoms with van der Waals surface area (Å²) >= 11 is 5.08. The lowest BCUT2D eigenvalue weighted by Crippen LogP contribution is -1.84. The Kier molecular flexibility index (Phi) is 4.42. The van der Waals surface area contributed by atoms with Crippen molar-refractivity contribution < 1.29 is 4.52 Å². The molecule has 4 rings (SSSR count). The van der Waals surface area contributed by atoms with E-state index < -0.39 is 0 Å². The molecule has 0 saturated heterocycles. The van der Waals surface area contributed by atoms with E-state index in [-0.39, 0.29) is 0 Å². The van der Waals surface area contributed by atoms with Gasteiger partial charge in [-0.05, 0) is 28.4 Å². The van der Waals surface area contributed by atoms with E-state index in [9.17, 15) is 0 Å². The van der Waals surface area contributed by atoms with Crippen LogP contribution in [-0.4, -0.2) is 20.1 Å². The second kappa shape index (κ2) is 6.85. The van der Waals surface area contributed by atoms with Crippen molar-refractivity contribution in [3.05, 3.63) is 57.6 Å². The molecular weight excluding hydrogens is 400 g/mol. The van der Waals surface area contributed by atoms with Crippen LogP contribution in [-0.2, 0) is 6.42 Å². The molecular formula is C18H13BrN4OS. The highest BCUT2D eigenvalue weighted by molar-refractivity contribution is 9.10. The first kappa shape index (κ1) is 16.1. The average Bonchev–Trinajstić information content (AvgIpc) is 3.31. The van der Waals surface area contributed by atoms with E-state index in [2.05, 4.69) is 48.3 Å². The van der Waals surface area contributed by atoms with E-state index in [1.54, 1.807) is 23.7 Å². The molecule has 0 amide bonds. The van der Waals surface area contributed by atoms with Gasteiger partial charge in [-0.15, -0.1) is 11.3 Å². The van der Waals surface area contributed by atoms with Gasteiger partial charge in [-0.1, -0.05) is 36.3 Å². The zero-order valence-electron chi connectivity index (χ0n) is 13.3. The van der Waals surface area contributed by atoms with E-state index in [0.717, 1.165) is 38.3 Å². The van der Waals surface area contributed by atoms with Crippen molar-refractivity contribution in [3.8, 4) is 34.1 Å². The van der Waals surface area contributed by atoms with Crippen LogP contribution in [0.3, 0.4) is 0 Å². The van der Waals surface area contributed by atoms with Crippen molar-refractivity contribution in [2.75, 3.05) is 0 Å². The Hall–Kier alpha value is -2.38. The molecule has 0 N–H and O–H groups in total. The molecule has 0 fully saturated rings. The summed E-state index contributed by atoms with van der Waals surface area (Å²) in [6.45, 7) is 2.11. The van der Waals surface area contributed by atoms with Crippen LogP contribution in [0.2, 0.25) is 0 Å². The quantitative estimate of drug-likeness (QED) is 0.457. The van der Waals surface area contributed by atoms with Crippen molar-refractivity contribution >= 4 is 27.3 Å². The highest BCUT2D eigenvalue weighted by atomic mass is 79.9. The summed E-state index contributed by atoms with van der Waals surface area (Å²) in [5.74, 6) is 0.994. The lowest BCUT2D eigenvalue weighted by molar-refractivity contribution is 0.432. The highest BCUT2D eigenvalue weighted by Gasteiger charge is 2.12. The predicted molar refractivity (Wildman–Crippen MR) is 101 cm³/mol. The van der Waals surface area contributed by atoms with E-state index in [1.807, 2.05) is 30.3 Å². The summed E-state index contributed by atoms with van der Waals surface area (Å²) in [6.07, 6.45) is 4.36. The zero-order chi connectivity index (χ0) is 17.2. The smallest absolute Gasteiger partial charge is 0.259 e. The Morgan fingerprint density at radius 1 is 1.04 bits per heavy atom. The van der Waals surface area contributed by atoms with Crippen LogP contribution in [0.25, 0.3) is 34.1 Å². The van der Waals surface area contributed by atoms with Gasteiger partial charge >= 0.3 is 0 Å². The Bertz CT molecular complexity index is 1010. The number of aryl methyl sites for hydroxylation is 1. The summed E-state index contributed by atoms with van der Waals surface area (Å²) in [5.41, 5.74) is 3.76. The molecule has 4 aromatic rings. The number of rotatable bonds is 4. The number of aromatic nitrogens is 4. The number of benzene rings is 1. The fourth-order valence-electron chi connectivity index (χ4n) is 2.38. The first-order chi connectivity index (χ1) is 12.2. The number of pyridine rings is 1. The number of nitrogens with zero attached hydrogens (tertiary/aromatic N) is 4. The standard InChI is InChI=1S/C18H13BrN4OS/c1-2-16-21-15(10-25-16)11-3-5-12(6-4-11)17-22-18(24-23-17)13-7-14(19)9-20-8-13/h3-10H,2H2,1H3. The Morgan fingerprint density at radius 2 is 1.84 bits per heavy atom. The van der Waals surface area contributed by atoms with Crippen molar-refractivity contribution in [2.45, 2.75) is 13.3 Å². The molecule has 1 aromatic carbocycles. The summed E-state index contributed by atoms with van der Waals surface area (Å²) in [7, 11) is 0. The van der Waals surface area contributed by atoms with E-state index in [0.29, 0.717) is 11.7 Å². The van der Waals surface area contributed by atoms with Crippen LogP contribution in [0, 0.1) is 0 Å². The van der Waals surface area contributed by atoms with Gasteiger partial charge < -0.3 is 4.52 Å². The molecule has 0 aliphatic heterocycles. The third-order valence-corrected chi connectivity index (χ3v) is 5.10. The van der Waals surface area contributed by atoms with Gasteiger partial charge in [-0.25, -0.2) is 4.98 Å². The molecule has 0 aliphatic carbocycles. The topological polar surface area (TPSA) is 64.7 Å². The highest BCUT2D eigenvalue weighted by Crippen LogP contribution is 2.27. The lowest BCUT2D eigenvalue weighted by atomic mass is 10.1. The second-order valence-corrected chi connectivity index (χ2v) is 7.23. The van der Waals surface area contributed by atoms with E-state index in [4.69, 9.17) is 4.52 Å². The first-order valence-electron chi connectivity index (χ1n) is 7.73. The van der Waals surface area contributed by atoms with Gasteiger partial charge in [0.15, 0.2) is 0 Å². The van der Waals surface area contributed by atoms with Gasteiger partial charge in [0.2, 0.25) is 5.82 Å². The molecule has 7 heteroatoms. The lowest BCUT2D eigenvalue weighted by Gasteiger charge is -1.98. The Morgan fingerprint density at radius 3 is 2.56 bits per heavy atom. The summed E-state index contributed by atoms with van der Waals surface area (Å²) in [4.78, 5) is 13.2. The normalized spacial score (nSPS) is 11.0. The minimum atomic E-state index is 0.444. The van der Waals surface area contributed by atoms with Crippen LogP contribution in [0.15, 0.2) is 57.1 Å². The third-order valence-electron chi connectivity index (χ3n) is 3.67. The third kappa shape index (κ3) is 3.38. The van der Waals surface area contributed by atoms with Gasteiger partial charge in [-0.3, -0.25) is 4.98 Å². The Labute approximate surface area is 156 Å². The fraction of sp³-hybridized carbons (Fsp3) is 0.111. The molecule has 25 heavy (non-hydrogen) atoms. The van der Waals surface area contributed by atoms with Gasteiger partial charge in [-0.2, -0.15) is 4.98 Å². The maximum absolute atomic E-state index is 5.36. The molecule has 3 aromatic heterocycles. The molecule has 0 unspecified atom stereocenters. The Balaban J connectivity index is 1.60. The van der Waals surface area contributed by atoms with E-state index in [1.165, 1.54) is 0 Å². The minimum absolute atomic E-state index is 0.444. The van der Waals surface area contributed by atoms with Crippen molar-refractivity contribution in [3.63, 3.8) is 0 Å². The van der Waals surface area contributed by atoms with Crippen LogP contribution in [0.4, 0.5) is 0 Å². The monoisotopic (exact) mass is 412 g/mol. The molecule has 5 nitrogen and oxygen atoms in total. The van der Waals surface area contributed by atoms with E-state index >= 15 is 0 Å². The van der Waals surface area contributed by atoms with Crippen LogP contribution < -0.4 is 0 Å². The molecule has 0 spiro atoms. The molecule has 0 aliphatic rings. The molecule has 0 atom stereocenters. The summed E-state index contributed by atoms with van der Waals surface area (Å²) < 4.78 is 6.22. The summed E-state index contributed by atoms with van der Waals surface area (Å²) in [6, 6.07) is 9.91. The average molecular weight is 413 g/mol. The number of hydrogen-bond donors (Lipinski definition) is 0. The maximum atomic E-state index is 5.36. The SMILES string of the molecule is CCc1nc(-c2ccc(-c3noc(-c4cncc(Br)c4)n3)cc2)cs1. The molecule has 0 radical (unpaired) electrons. The molecule has 0 saturated carbocycles. The van der Waals surface area contributed by atoms with Crippen molar-refractivity contribution in [1.82, 2.24) is 20.1 Å². The number of hydrogen-bond acceptors (Lipinski definition) is 6. The van der Waals surface area contributed by atoms with Crippen LogP contribution >= 0.6 is 27.3 Å². The van der Waals surface area contributed by atoms with Gasteiger partial charge in [0, 0.05) is 33.4 Å². The van der Waals surface area contributed by atoms with Gasteiger partial charge in [0.25, 0.3) is 5.89 Å². The fourth-order valence-corrected chi connectivity index (χ4v) is 3.50. The van der Waals surface area contributed by atoms with Crippen molar-refractivity contribution in [2.24, 2.45) is 0 Å². The second-order valence-electron chi connectivity index (χ2n) is 5.37. The predicted octanol–water partition coefficient (Wildman–Crippen LogP) is 5.25. The van der Waals surface area contributed by atoms with Gasteiger partial charge in [0.1, 0.15) is 0 Å². The van der Waals surface area contributed by atoms with Crippen molar-refractivity contribution in [1.29, 1.82) is 0 Å². The largest absolute Gasteiger partial charge is 0.334 e. The molecule has 0 bridgehead atoms. The minimum Gasteiger partial charge on any atom is -0.334 e. The molecule has 3 heterocycles. The zero-order valence-corrected chi connectivity index (χ0v) is 15.7. The van der Waals surface area contributed by atoms with Crippen LogP contribution in [0.1, 0.15) is 11.9 Å². The number of halogens is 1. The summed E-state index contributed by atoms with van der Waals surface area (Å²) in [5, 5.41) is 7.30. The first-order valence-corrected chi connectivity index (χ1v) is 9.40. The maximum Gasteiger partial charge on any atom is 0.259 e. The molecule has 124 valence electrons. The van der Waals surface area contributed by atoms with Gasteiger partial charge in [0.05, 0.1) is 16.3 Å². The number of thiazole rings is 1.